The summed E-state index contributed by atoms with van der Waals surface area (Å²) in [4.78, 5) is 50.9. The number of carbonyl (C=O) groups excluding carboxylic acids is 4. The van der Waals surface area contributed by atoms with Crippen molar-refractivity contribution in [1.82, 2.24) is 5.32 Å². The Bertz CT molecular complexity index is 1730. The molecular formula is C38H47N3O8S. The van der Waals surface area contributed by atoms with Gasteiger partial charge in [-0.1, -0.05) is 65.4 Å². The number of phenols is 1. The summed E-state index contributed by atoms with van der Waals surface area (Å²) in [6, 6.07) is 15.5. The van der Waals surface area contributed by atoms with E-state index < -0.39 is 22.9 Å². The van der Waals surface area contributed by atoms with Gasteiger partial charge in [-0.15, -0.1) is 0 Å². The minimum Gasteiger partial charge on any atom is -0.507 e. The molecule has 4 amide bonds. The lowest BCUT2D eigenvalue weighted by Crippen LogP contribution is -2.34. The molecule has 1 aliphatic heterocycles. The number of imide groups is 1. The van der Waals surface area contributed by atoms with E-state index in [0.717, 1.165) is 28.5 Å². The van der Waals surface area contributed by atoms with Crippen LogP contribution >= 0.6 is 11.8 Å². The zero-order valence-electron chi connectivity index (χ0n) is 30.3. The molecule has 268 valence electrons. The third-order valence-electron chi connectivity index (χ3n) is 7.69. The number of thioether (sulfide) groups is 1. The maximum Gasteiger partial charge on any atom is 0.414 e. The summed E-state index contributed by atoms with van der Waals surface area (Å²) in [6.45, 7) is 17.1. The number of hydrogen-bond acceptors (Lipinski definition) is 9. The van der Waals surface area contributed by atoms with E-state index >= 15 is 0 Å². The van der Waals surface area contributed by atoms with Crippen molar-refractivity contribution in [3.8, 4) is 23.0 Å². The first-order valence-electron chi connectivity index (χ1n) is 16.3. The van der Waals surface area contributed by atoms with Crippen LogP contribution in [0.1, 0.15) is 79.0 Å². The van der Waals surface area contributed by atoms with Crippen molar-refractivity contribution in [1.29, 1.82) is 0 Å². The highest BCUT2D eigenvalue weighted by Crippen LogP contribution is 2.43. The van der Waals surface area contributed by atoms with Crippen LogP contribution in [-0.4, -0.2) is 52.8 Å². The lowest BCUT2D eigenvalue weighted by atomic mass is 9.79. The second-order valence-electron chi connectivity index (χ2n) is 15.3. The lowest BCUT2D eigenvalue weighted by Gasteiger charge is -2.28. The average molecular weight is 706 g/mol. The fourth-order valence-corrected chi connectivity index (χ4v) is 5.99. The molecule has 1 unspecified atom stereocenters. The molecule has 0 radical (unpaired) electrons. The van der Waals surface area contributed by atoms with Gasteiger partial charge in [-0.3, -0.25) is 24.6 Å². The molecule has 0 spiro atoms. The number of nitrogens with zero attached hydrogens (tertiary/aromatic N) is 1. The van der Waals surface area contributed by atoms with Crippen LogP contribution in [0.5, 0.6) is 23.0 Å². The van der Waals surface area contributed by atoms with Gasteiger partial charge in [0.05, 0.1) is 16.6 Å². The SMILES string of the molecule is CN(C(=O)OC(C)(C)C)c1cc(Oc2cc(C(C)(C)C)c(O)c(C(C)(C)C)c2)ccc1NC(=O)COc1ccc(CC2SC(=O)NC2=O)cc1. The van der Waals surface area contributed by atoms with Gasteiger partial charge >= 0.3 is 6.09 Å². The molecular weight excluding hydrogens is 658 g/mol. The van der Waals surface area contributed by atoms with E-state index in [9.17, 15) is 24.3 Å². The lowest BCUT2D eigenvalue weighted by molar-refractivity contribution is -0.119. The molecule has 3 N–H and O–H groups in total. The molecule has 11 nitrogen and oxygen atoms in total. The molecule has 1 heterocycles. The molecule has 0 saturated carbocycles. The van der Waals surface area contributed by atoms with Crippen molar-refractivity contribution in [2.45, 2.75) is 90.4 Å². The van der Waals surface area contributed by atoms with Gasteiger partial charge in [-0.25, -0.2) is 4.79 Å². The van der Waals surface area contributed by atoms with Crippen molar-refractivity contribution >= 4 is 46.3 Å². The van der Waals surface area contributed by atoms with Gasteiger partial charge in [0.2, 0.25) is 5.91 Å². The van der Waals surface area contributed by atoms with Crippen LogP contribution in [0.4, 0.5) is 21.0 Å². The number of ether oxygens (including phenoxy) is 3. The predicted octanol–water partition coefficient (Wildman–Crippen LogP) is 8.06. The Morgan fingerprint density at radius 3 is 1.96 bits per heavy atom. The normalized spacial score (nSPS) is 15.0. The van der Waals surface area contributed by atoms with Gasteiger partial charge in [0.1, 0.15) is 28.6 Å². The second kappa shape index (κ2) is 14.6. The van der Waals surface area contributed by atoms with Crippen LogP contribution in [0.3, 0.4) is 0 Å². The molecule has 3 aromatic rings. The number of nitrogens with one attached hydrogen (secondary N) is 2. The Morgan fingerprint density at radius 1 is 0.860 bits per heavy atom. The number of benzene rings is 3. The molecule has 0 bridgehead atoms. The van der Waals surface area contributed by atoms with Crippen LogP contribution in [0, 0.1) is 0 Å². The molecule has 0 aromatic heterocycles. The van der Waals surface area contributed by atoms with Crippen molar-refractivity contribution in [3.63, 3.8) is 0 Å². The minimum absolute atomic E-state index is 0.230. The number of rotatable bonds is 9. The largest absolute Gasteiger partial charge is 0.507 e. The summed E-state index contributed by atoms with van der Waals surface area (Å²) in [5, 5.41) is 15.4. The van der Waals surface area contributed by atoms with Crippen LogP contribution in [0.25, 0.3) is 0 Å². The summed E-state index contributed by atoms with van der Waals surface area (Å²) in [6.07, 6.45) is -0.243. The second-order valence-corrected chi connectivity index (χ2v) is 16.4. The number of phenolic OH excluding ortho intramolecular Hbond substituents is 1. The average Bonchev–Trinajstić information content (AvgIpc) is 3.31. The van der Waals surface area contributed by atoms with Crippen molar-refractivity contribution in [3.05, 3.63) is 71.3 Å². The van der Waals surface area contributed by atoms with E-state index in [4.69, 9.17) is 14.2 Å². The van der Waals surface area contributed by atoms with Gasteiger partial charge in [0.25, 0.3) is 11.1 Å². The first-order chi connectivity index (χ1) is 23.1. The van der Waals surface area contributed by atoms with Gasteiger partial charge in [-0.2, -0.15) is 0 Å². The van der Waals surface area contributed by atoms with E-state index in [1.165, 1.54) is 4.90 Å². The van der Waals surface area contributed by atoms with Gasteiger partial charge in [0, 0.05) is 24.2 Å². The monoisotopic (exact) mass is 705 g/mol. The highest BCUT2D eigenvalue weighted by atomic mass is 32.2. The van der Waals surface area contributed by atoms with E-state index in [-0.39, 0.29) is 34.3 Å². The maximum absolute atomic E-state index is 13.2. The zero-order chi connectivity index (χ0) is 37.2. The smallest absolute Gasteiger partial charge is 0.414 e. The quantitative estimate of drug-likeness (QED) is 0.201. The molecule has 12 heteroatoms. The van der Waals surface area contributed by atoms with E-state index in [0.29, 0.717) is 35.0 Å². The zero-order valence-corrected chi connectivity index (χ0v) is 31.2. The third kappa shape index (κ3) is 9.93. The first-order valence-corrected chi connectivity index (χ1v) is 17.2. The summed E-state index contributed by atoms with van der Waals surface area (Å²) in [5.74, 6) is 0.803. The summed E-state index contributed by atoms with van der Waals surface area (Å²) in [5.41, 5.74) is 1.49. The first kappa shape index (κ1) is 38.1. The van der Waals surface area contributed by atoms with Crippen LogP contribution < -0.4 is 25.0 Å². The minimum atomic E-state index is -0.759. The number of carbonyl (C=O) groups is 4. The Kier molecular flexibility index (Phi) is 11.2. The number of aromatic hydroxyl groups is 1. The highest BCUT2D eigenvalue weighted by molar-refractivity contribution is 8.15. The molecule has 1 fully saturated rings. The number of hydrogen-bond donors (Lipinski definition) is 3. The Balaban J connectivity index is 1.55. The Morgan fingerprint density at radius 2 is 1.44 bits per heavy atom. The van der Waals surface area contributed by atoms with Gasteiger partial charge in [-0.05, 0) is 80.0 Å². The fourth-order valence-electron chi connectivity index (χ4n) is 5.13. The van der Waals surface area contributed by atoms with Crippen LogP contribution in [0.15, 0.2) is 54.6 Å². The van der Waals surface area contributed by atoms with Crippen LogP contribution in [-0.2, 0) is 31.6 Å². The summed E-state index contributed by atoms with van der Waals surface area (Å²) < 4.78 is 17.6. The van der Waals surface area contributed by atoms with Crippen LogP contribution in [0.2, 0.25) is 0 Å². The molecule has 1 saturated heterocycles. The van der Waals surface area contributed by atoms with Gasteiger partial charge in [0.15, 0.2) is 6.61 Å². The number of amides is 4. The molecule has 3 aromatic carbocycles. The summed E-state index contributed by atoms with van der Waals surface area (Å²) >= 11 is 0.966. The third-order valence-corrected chi connectivity index (χ3v) is 8.67. The van der Waals surface area contributed by atoms with Crippen molar-refractivity contribution in [2.24, 2.45) is 0 Å². The maximum atomic E-state index is 13.2. The highest BCUT2D eigenvalue weighted by Gasteiger charge is 2.32. The summed E-state index contributed by atoms with van der Waals surface area (Å²) in [7, 11) is 1.54. The molecule has 4 rings (SSSR count). The van der Waals surface area contributed by atoms with Crippen molar-refractivity contribution in [2.75, 3.05) is 23.9 Å². The Hall–Kier alpha value is -4.71. The van der Waals surface area contributed by atoms with E-state index in [1.54, 1.807) is 70.3 Å². The van der Waals surface area contributed by atoms with Crippen molar-refractivity contribution < 1.29 is 38.5 Å². The van der Waals surface area contributed by atoms with E-state index in [1.807, 2.05) is 53.7 Å². The Labute approximate surface area is 298 Å². The fraction of sp³-hybridized carbons (Fsp3) is 0.421. The van der Waals surface area contributed by atoms with Gasteiger partial charge < -0.3 is 24.6 Å². The molecule has 1 aliphatic rings. The number of anilines is 2. The predicted molar refractivity (Wildman–Crippen MR) is 196 cm³/mol. The topological polar surface area (TPSA) is 144 Å². The standard InChI is InChI=1S/C38H47N3O8S/c1-36(2,3)26-18-25(19-27(32(26)43)37(4,5)6)48-24-15-16-28(29(20-24)41(10)35(46)49-38(7,8)9)39-31(42)21-47-23-13-11-22(12-14-23)17-30-33(44)40-34(45)50-30/h11-16,18-20,30,43H,17,21H2,1-10H3,(H,39,42)(H,40,44,45). The molecule has 1 atom stereocenters. The molecule has 50 heavy (non-hydrogen) atoms. The van der Waals surface area contributed by atoms with E-state index in [2.05, 4.69) is 10.6 Å². The molecule has 0 aliphatic carbocycles.